The van der Waals surface area contributed by atoms with Crippen LogP contribution >= 0.6 is 11.3 Å². The van der Waals surface area contributed by atoms with E-state index in [0.29, 0.717) is 19.5 Å². The second-order valence-electron chi connectivity index (χ2n) is 6.72. The summed E-state index contributed by atoms with van der Waals surface area (Å²) in [5, 5.41) is 10.0. The van der Waals surface area contributed by atoms with Crippen LogP contribution in [0.4, 0.5) is 0 Å². The maximum absolute atomic E-state index is 12.5. The van der Waals surface area contributed by atoms with Gasteiger partial charge in [0.2, 0.25) is 0 Å². The number of hydrogen-bond donors (Lipinski definition) is 1. The van der Waals surface area contributed by atoms with Gasteiger partial charge in [0.25, 0.3) is 11.5 Å². The van der Waals surface area contributed by atoms with Crippen LogP contribution in [0.2, 0.25) is 0 Å². The summed E-state index contributed by atoms with van der Waals surface area (Å²) in [7, 11) is 0. The molecule has 0 atom stereocenters. The summed E-state index contributed by atoms with van der Waals surface area (Å²) in [6.45, 7) is 0.762. The van der Waals surface area contributed by atoms with Gasteiger partial charge in [0.15, 0.2) is 0 Å². The summed E-state index contributed by atoms with van der Waals surface area (Å²) in [5.41, 5.74) is 2.94. The Balaban J connectivity index is 1.36. The highest BCUT2D eigenvalue weighted by Crippen LogP contribution is 2.23. The molecular formula is C23H20N4O2S. The van der Waals surface area contributed by atoms with Gasteiger partial charge in [0, 0.05) is 30.0 Å². The summed E-state index contributed by atoms with van der Waals surface area (Å²) < 4.78 is 1.30. The van der Waals surface area contributed by atoms with Crippen LogP contribution < -0.4 is 10.9 Å². The SMILES string of the molecule is O=C(NCCc1csc(-c2ccccc2)n1)c1ccc(=O)n(Cc2ccccc2)n1. The van der Waals surface area contributed by atoms with E-state index in [2.05, 4.69) is 15.4 Å². The topological polar surface area (TPSA) is 76.9 Å². The van der Waals surface area contributed by atoms with Crippen molar-refractivity contribution in [3.05, 3.63) is 105 Å². The molecule has 0 spiro atoms. The van der Waals surface area contributed by atoms with Gasteiger partial charge in [-0.2, -0.15) is 5.10 Å². The van der Waals surface area contributed by atoms with E-state index in [0.717, 1.165) is 21.8 Å². The molecule has 4 rings (SSSR count). The molecule has 2 aromatic heterocycles. The van der Waals surface area contributed by atoms with E-state index in [4.69, 9.17) is 0 Å². The molecule has 2 aromatic carbocycles. The van der Waals surface area contributed by atoms with Gasteiger partial charge >= 0.3 is 0 Å². The average Bonchev–Trinajstić information content (AvgIpc) is 3.25. The lowest BCUT2D eigenvalue weighted by Crippen LogP contribution is -2.31. The average molecular weight is 417 g/mol. The molecule has 2 heterocycles. The van der Waals surface area contributed by atoms with Crippen molar-refractivity contribution in [2.75, 3.05) is 6.54 Å². The van der Waals surface area contributed by atoms with Gasteiger partial charge in [-0.1, -0.05) is 60.7 Å². The normalized spacial score (nSPS) is 10.7. The van der Waals surface area contributed by atoms with Gasteiger partial charge in [-0.05, 0) is 11.6 Å². The molecule has 0 saturated carbocycles. The molecule has 0 saturated heterocycles. The number of amides is 1. The van der Waals surface area contributed by atoms with Crippen LogP contribution in [0.5, 0.6) is 0 Å². The predicted molar refractivity (Wildman–Crippen MR) is 118 cm³/mol. The zero-order valence-electron chi connectivity index (χ0n) is 16.2. The second-order valence-corrected chi connectivity index (χ2v) is 7.57. The van der Waals surface area contributed by atoms with Crippen molar-refractivity contribution >= 4 is 17.2 Å². The largest absolute Gasteiger partial charge is 0.350 e. The third kappa shape index (κ3) is 4.87. The van der Waals surface area contributed by atoms with E-state index < -0.39 is 0 Å². The van der Waals surface area contributed by atoms with Crippen LogP contribution in [0, 0.1) is 0 Å². The molecule has 1 amide bonds. The van der Waals surface area contributed by atoms with Gasteiger partial charge < -0.3 is 5.32 Å². The molecule has 0 aliphatic rings. The first-order chi connectivity index (χ1) is 14.7. The lowest BCUT2D eigenvalue weighted by atomic mass is 10.2. The highest BCUT2D eigenvalue weighted by atomic mass is 32.1. The first kappa shape index (κ1) is 19.7. The molecule has 0 bridgehead atoms. The maximum Gasteiger partial charge on any atom is 0.271 e. The van der Waals surface area contributed by atoms with Crippen LogP contribution in [0.15, 0.2) is 83.0 Å². The Morgan fingerprint density at radius 1 is 0.967 bits per heavy atom. The molecule has 150 valence electrons. The highest BCUT2D eigenvalue weighted by molar-refractivity contribution is 7.13. The Morgan fingerprint density at radius 3 is 2.47 bits per heavy atom. The first-order valence-electron chi connectivity index (χ1n) is 9.59. The first-order valence-corrected chi connectivity index (χ1v) is 10.5. The second kappa shape index (κ2) is 9.28. The summed E-state index contributed by atoms with van der Waals surface area (Å²) in [5.74, 6) is -0.310. The van der Waals surface area contributed by atoms with Crippen molar-refractivity contribution in [2.24, 2.45) is 0 Å². The molecular weight excluding hydrogens is 396 g/mol. The molecule has 1 N–H and O–H groups in total. The Kier molecular flexibility index (Phi) is 6.10. The molecule has 0 unspecified atom stereocenters. The summed E-state index contributed by atoms with van der Waals surface area (Å²) in [6, 6.07) is 22.4. The van der Waals surface area contributed by atoms with Gasteiger partial charge in [0.05, 0.1) is 12.2 Å². The van der Waals surface area contributed by atoms with Gasteiger partial charge in [-0.3, -0.25) is 9.59 Å². The third-order valence-electron chi connectivity index (χ3n) is 4.51. The van der Waals surface area contributed by atoms with E-state index in [1.54, 1.807) is 11.3 Å². The minimum Gasteiger partial charge on any atom is -0.350 e. The van der Waals surface area contributed by atoms with Crippen LogP contribution in [-0.4, -0.2) is 27.2 Å². The lowest BCUT2D eigenvalue weighted by molar-refractivity contribution is 0.0946. The summed E-state index contributed by atoms with van der Waals surface area (Å²) in [4.78, 5) is 29.2. The van der Waals surface area contributed by atoms with E-state index >= 15 is 0 Å². The number of benzene rings is 2. The molecule has 0 aliphatic carbocycles. The molecule has 6 nitrogen and oxygen atoms in total. The maximum atomic E-state index is 12.5. The van der Waals surface area contributed by atoms with Crippen molar-refractivity contribution in [1.29, 1.82) is 0 Å². The smallest absolute Gasteiger partial charge is 0.271 e. The van der Waals surface area contributed by atoms with Crippen LogP contribution in [0.1, 0.15) is 21.7 Å². The number of thiazole rings is 1. The predicted octanol–water partition coefficient (Wildman–Crippen LogP) is 3.39. The quantitative estimate of drug-likeness (QED) is 0.501. The number of carbonyl (C=O) groups excluding carboxylic acids is 1. The number of rotatable bonds is 7. The minimum absolute atomic E-state index is 0.216. The van der Waals surface area contributed by atoms with Gasteiger partial charge in [-0.15, -0.1) is 11.3 Å². The third-order valence-corrected chi connectivity index (χ3v) is 5.45. The zero-order valence-corrected chi connectivity index (χ0v) is 17.0. The zero-order chi connectivity index (χ0) is 20.8. The Hall–Kier alpha value is -3.58. The molecule has 0 aliphatic heterocycles. The molecule has 4 aromatic rings. The minimum atomic E-state index is -0.310. The Morgan fingerprint density at radius 2 is 1.70 bits per heavy atom. The van der Waals surface area contributed by atoms with Crippen molar-refractivity contribution in [3.63, 3.8) is 0 Å². The number of nitrogens with zero attached hydrogens (tertiary/aromatic N) is 3. The number of carbonyl (C=O) groups is 1. The van der Waals surface area contributed by atoms with E-state index in [-0.39, 0.29) is 17.2 Å². The van der Waals surface area contributed by atoms with Crippen LogP contribution in [-0.2, 0) is 13.0 Å². The van der Waals surface area contributed by atoms with Crippen molar-refractivity contribution in [2.45, 2.75) is 13.0 Å². The molecule has 0 radical (unpaired) electrons. The van der Waals surface area contributed by atoms with Gasteiger partial charge in [-0.25, -0.2) is 9.67 Å². The van der Waals surface area contributed by atoms with Crippen molar-refractivity contribution in [3.8, 4) is 10.6 Å². The van der Waals surface area contributed by atoms with Crippen LogP contribution in [0.3, 0.4) is 0 Å². The number of hydrogen-bond acceptors (Lipinski definition) is 5. The van der Waals surface area contributed by atoms with E-state index in [9.17, 15) is 9.59 Å². The fraction of sp³-hybridized carbons (Fsp3) is 0.130. The Bertz CT molecular complexity index is 1190. The fourth-order valence-electron chi connectivity index (χ4n) is 2.97. The highest BCUT2D eigenvalue weighted by Gasteiger charge is 2.10. The van der Waals surface area contributed by atoms with Gasteiger partial charge in [0.1, 0.15) is 10.7 Å². The molecule has 0 fully saturated rings. The van der Waals surface area contributed by atoms with Crippen molar-refractivity contribution in [1.82, 2.24) is 20.1 Å². The number of nitrogens with one attached hydrogen (secondary N) is 1. The molecule has 30 heavy (non-hydrogen) atoms. The summed E-state index contributed by atoms with van der Waals surface area (Å²) >= 11 is 1.59. The van der Waals surface area contributed by atoms with E-state index in [1.165, 1.54) is 16.8 Å². The fourth-order valence-corrected chi connectivity index (χ4v) is 3.83. The van der Waals surface area contributed by atoms with E-state index in [1.807, 2.05) is 66.0 Å². The standard InChI is InChI=1S/C23H20N4O2S/c28-21-12-11-20(26-27(21)15-17-7-3-1-4-8-17)22(29)24-14-13-19-16-30-23(25-19)18-9-5-2-6-10-18/h1-12,16H,13-15H2,(H,24,29). The van der Waals surface area contributed by atoms with Crippen LogP contribution in [0.25, 0.3) is 10.6 Å². The lowest BCUT2D eigenvalue weighted by Gasteiger charge is -2.08. The number of aromatic nitrogens is 3. The Labute approximate surface area is 177 Å². The molecule has 7 heteroatoms. The monoisotopic (exact) mass is 416 g/mol. The van der Waals surface area contributed by atoms with Crippen molar-refractivity contribution < 1.29 is 4.79 Å². The summed E-state index contributed by atoms with van der Waals surface area (Å²) in [6.07, 6.45) is 0.624.